The van der Waals surface area contributed by atoms with Crippen LogP contribution in [0.1, 0.15) is 0 Å². The van der Waals surface area contributed by atoms with Crippen LogP contribution in [0.2, 0.25) is 0 Å². The average molecular weight is 401 g/mol. The van der Waals surface area contributed by atoms with Crippen molar-refractivity contribution in [1.82, 2.24) is 0 Å². The summed E-state index contributed by atoms with van der Waals surface area (Å²) in [6.07, 6.45) is 0. The van der Waals surface area contributed by atoms with Gasteiger partial charge in [-0.1, -0.05) is 36.4 Å². The smallest absolute Gasteiger partial charge is 0.135 e. The van der Waals surface area contributed by atoms with Gasteiger partial charge in [-0.05, 0) is 72.8 Å². The highest BCUT2D eigenvalue weighted by atomic mass is 16.3. The molecule has 31 heavy (non-hydrogen) atoms. The van der Waals surface area contributed by atoms with Crippen molar-refractivity contribution in [3.8, 4) is 22.6 Å². The quantitative estimate of drug-likeness (QED) is 0.323. The lowest BCUT2D eigenvalue weighted by Gasteiger charge is -2.08. The fourth-order valence-electron chi connectivity index (χ4n) is 3.85. The van der Waals surface area contributed by atoms with Gasteiger partial charge in [-0.3, -0.25) is 0 Å². The van der Waals surface area contributed by atoms with Crippen LogP contribution in [-0.2, 0) is 0 Å². The Morgan fingerprint density at radius 1 is 0.452 bits per heavy atom. The van der Waals surface area contributed by atoms with Crippen molar-refractivity contribution in [1.29, 1.82) is 0 Å². The number of hydrogen-bond donors (Lipinski definition) is 1. The standard InChI is InChI=1S/C28H19NO2/c1-3-7-25-21(5-1)17-27(30-25)19-9-13-23(14-10-19)29-24-15-11-20(12-16-24)28-18-22-6-2-4-8-26(22)31-28/h1-18,29H. The van der Waals surface area contributed by atoms with Crippen molar-refractivity contribution < 1.29 is 8.83 Å². The van der Waals surface area contributed by atoms with E-state index < -0.39 is 0 Å². The molecule has 6 aromatic rings. The Hall–Kier alpha value is -4.24. The molecule has 4 aromatic carbocycles. The molecule has 3 nitrogen and oxygen atoms in total. The predicted molar refractivity (Wildman–Crippen MR) is 127 cm³/mol. The van der Waals surface area contributed by atoms with Crippen LogP contribution in [0.25, 0.3) is 44.6 Å². The van der Waals surface area contributed by atoms with E-state index in [-0.39, 0.29) is 0 Å². The minimum atomic E-state index is 0.878. The van der Waals surface area contributed by atoms with Gasteiger partial charge < -0.3 is 14.2 Å². The summed E-state index contributed by atoms with van der Waals surface area (Å²) >= 11 is 0. The maximum absolute atomic E-state index is 5.96. The van der Waals surface area contributed by atoms with Gasteiger partial charge in [0.2, 0.25) is 0 Å². The minimum Gasteiger partial charge on any atom is -0.456 e. The van der Waals surface area contributed by atoms with Crippen LogP contribution in [0, 0.1) is 0 Å². The van der Waals surface area contributed by atoms with E-state index in [0.717, 1.165) is 56.0 Å². The van der Waals surface area contributed by atoms with Crippen molar-refractivity contribution in [2.75, 3.05) is 5.32 Å². The predicted octanol–water partition coefficient (Wildman–Crippen LogP) is 8.26. The van der Waals surface area contributed by atoms with Crippen LogP contribution in [0.3, 0.4) is 0 Å². The molecule has 0 saturated heterocycles. The van der Waals surface area contributed by atoms with Gasteiger partial charge in [0.15, 0.2) is 0 Å². The fourth-order valence-corrected chi connectivity index (χ4v) is 3.85. The lowest BCUT2D eigenvalue weighted by Crippen LogP contribution is -1.89. The first-order valence-corrected chi connectivity index (χ1v) is 10.3. The number of benzene rings is 4. The van der Waals surface area contributed by atoms with Gasteiger partial charge in [-0.15, -0.1) is 0 Å². The van der Waals surface area contributed by atoms with Crippen LogP contribution < -0.4 is 5.32 Å². The van der Waals surface area contributed by atoms with E-state index >= 15 is 0 Å². The Bertz CT molecular complexity index is 1310. The van der Waals surface area contributed by atoms with Crippen LogP contribution in [-0.4, -0.2) is 0 Å². The van der Waals surface area contributed by atoms with Gasteiger partial charge in [0, 0.05) is 33.3 Å². The molecule has 3 heteroatoms. The Kier molecular flexibility index (Phi) is 4.10. The monoisotopic (exact) mass is 401 g/mol. The molecule has 2 aromatic heterocycles. The highest BCUT2D eigenvalue weighted by Crippen LogP contribution is 2.31. The second kappa shape index (κ2) is 7.22. The van der Waals surface area contributed by atoms with Crippen molar-refractivity contribution >= 4 is 33.3 Å². The van der Waals surface area contributed by atoms with Crippen molar-refractivity contribution in [2.24, 2.45) is 0 Å². The van der Waals surface area contributed by atoms with Gasteiger partial charge in [0.05, 0.1) is 0 Å². The molecule has 0 saturated carbocycles. The number of anilines is 2. The van der Waals surface area contributed by atoms with Gasteiger partial charge >= 0.3 is 0 Å². The first-order valence-electron chi connectivity index (χ1n) is 10.3. The zero-order valence-corrected chi connectivity index (χ0v) is 16.7. The summed E-state index contributed by atoms with van der Waals surface area (Å²) in [5, 5.41) is 5.68. The van der Waals surface area contributed by atoms with E-state index in [1.54, 1.807) is 0 Å². The molecule has 6 rings (SSSR count). The molecular weight excluding hydrogens is 382 g/mol. The zero-order chi connectivity index (χ0) is 20.6. The number of nitrogens with one attached hydrogen (secondary N) is 1. The van der Waals surface area contributed by atoms with Gasteiger partial charge in [-0.25, -0.2) is 0 Å². The molecular formula is C28H19NO2. The normalized spacial score (nSPS) is 11.2. The van der Waals surface area contributed by atoms with Crippen LogP contribution in [0.15, 0.2) is 118 Å². The van der Waals surface area contributed by atoms with Crippen molar-refractivity contribution in [2.45, 2.75) is 0 Å². The lowest BCUT2D eigenvalue weighted by atomic mass is 10.1. The fraction of sp³-hybridized carbons (Fsp3) is 0. The van der Waals surface area contributed by atoms with E-state index in [0.29, 0.717) is 0 Å². The third-order valence-electron chi connectivity index (χ3n) is 5.48. The minimum absolute atomic E-state index is 0.878. The summed E-state index contributed by atoms with van der Waals surface area (Å²) in [5.41, 5.74) is 5.98. The van der Waals surface area contributed by atoms with E-state index in [2.05, 4.69) is 78.1 Å². The van der Waals surface area contributed by atoms with Gasteiger partial charge in [0.1, 0.15) is 22.7 Å². The summed E-state index contributed by atoms with van der Waals surface area (Å²) < 4.78 is 11.9. The molecule has 2 heterocycles. The van der Waals surface area contributed by atoms with Crippen molar-refractivity contribution in [3.05, 3.63) is 109 Å². The van der Waals surface area contributed by atoms with E-state index in [4.69, 9.17) is 8.83 Å². The maximum atomic E-state index is 5.96. The molecule has 0 amide bonds. The van der Waals surface area contributed by atoms with E-state index in [1.165, 1.54) is 0 Å². The number of furan rings is 2. The third kappa shape index (κ3) is 3.36. The summed E-state index contributed by atoms with van der Waals surface area (Å²) in [6.45, 7) is 0. The molecule has 0 fully saturated rings. The second-order valence-electron chi connectivity index (χ2n) is 7.58. The second-order valence-corrected chi connectivity index (χ2v) is 7.58. The summed E-state index contributed by atoms with van der Waals surface area (Å²) in [7, 11) is 0. The Balaban J connectivity index is 1.20. The molecule has 0 unspecified atom stereocenters. The van der Waals surface area contributed by atoms with Crippen LogP contribution in [0.4, 0.5) is 11.4 Å². The number of hydrogen-bond acceptors (Lipinski definition) is 3. The Morgan fingerprint density at radius 3 is 1.29 bits per heavy atom. The number of fused-ring (bicyclic) bond motifs is 2. The van der Waals surface area contributed by atoms with Crippen LogP contribution in [0.5, 0.6) is 0 Å². The maximum Gasteiger partial charge on any atom is 0.135 e. The molecule has 148 valence electrons. The summed E-state index contributed by atoms with van der Waals surface area (Å²) in [6, 6.07) is 36.8. The number of rotatable bonds is 4. The zero-order valence-electron chi connectivity index (χ0n) is 16.7. The highest BCUT2D eigenvalue weighted by molar-refractivity contribution is 5.84. The average Bonchev–Trinajstić information content (AvgIpc) is 3.44. The van der Waals surface area contributed by atoms with Gasteiger partial charge in [0.25, 0.3) is 0 Å². The molecule has 0 aliphatic carbocycles. The summed E-state index contributed by atoms with van der Waals surface area (Å²) in [5.74, 6) is 1.76. The third-order valence-corrected chi connectivity index (χ3v) is 5.48. The van der Waals surface area contributed by atoms with Crippen molar-refractivity contribution in [3.63, 3.8) is 0 Å². The molecule has 0 bridgehead atoms. The largest absolute Gasteiger partial charge is 0.456 e. The van der Waals surface area contributed by atoms with E-state index in [9.17, 15) is 0 Å². The highest BCUT2D eigenvalue weighted by Gasteiger charge is 2.07. The Morgan fingerprint density at radius 2 is 0.871 bits per heavy atom. The molecule has 1 N–H and O–H groups in total. The SMILES string of the molecule is c1ccc2oc(-c3ccc(Nc4ccc(-c5cc6ccccc6o5)cc4)cc3)cc2c1. The molecule has 0 spiro atoms. The number of para-hydroxylation sites is 2. The molecule has 0 radical (unpaired) electrons. The summed E-state index contributed by atoms with van der Waals surface area (Å²) in [4.78, 5) is 0. The molecule has 0 atom stereocenters. The first-order chi connectivity index (χ1) is 15.3. The Labute approximate surface area is 179 Å². The topological polar surface area (TPSA) is 38.3 Å². The molecule has 0 aliphatic heterocycles. The lowest BCUT2D eigenvalue weighted by molar-refractivity contribution is 0.631. The van der Waals surface area contributed by atoms with E-state index in [1.807, 2.05) is 36.4 Å². The molecule has 0 aliphatic rings. The van der Waals surface area contributed by atoms with Gasteiger partial charge in [-0.2, -0.15) is 0 Å². The van der Waals surface area contributed by atoms with Crippen LogP contribution >= 0.6 is 0 Å². The first kappa shape index (κ1) is 17.6.